The van der Waals surface area contributed by atoms with Crippen LogP contribution < -0.4 is 5.43 Å². The maximum Gasteiger partial charge on any atom is 0.268 e. The van der Waals surface area contributed by atoms with Gasteiger partial charge < -0.3 is 5.11 Å². The molecule has 0 heterocycles. The molecule has 0 radical (unpaired) electrons. The SMILES string of the molecule is CC(C)c1ccc(/C=N\NC(=O)[C@H](C)O)cc1. The Morgan fingerprint density at radius 3 is 2.35 bits per heavy atom. The average molecular weight is 234 g/mol. The Morgan fingerprint density at radius 1 is 1.29 bits per heavy atom. The van der Waals surface area contributed by atoms with Gasteiger partial charge in [-0.2, -0.15) is 5.10 Å². The van der Waals surface area contributed by atoms with E-state index in [1.165, 1.54) is 12.5 Å². The van der Waals surface area contributed by atoms with Gasteiger partial charge in [0.15, 0.2) is 0 Å². The van der Waals surface area contributed by atoms with Crippen molar-refractivity contribution in [2.45, 2.75) is 32.8 Å². The summed E-state index contributed by atoms with van der Waals surface area (Å²) in [7, 11) is 0. The molecule has 17 heavy (non-hydrogen) atoms. The number of carbonyl (C=O) groups is 1. The Bertz CT molecular complexity index is 394. The fourth-order valence-corrected chi connectivity index (χ4v) is 1.23. The standard InChI is InChI=1S/C13H18N2O2/c1-9(2)12-6-4-11(5-7-12)8-14-15-13(17)10(3)16/h4-10,16H,1-3H3,(H,15,17)/b14-8-/t10-/m0/s1. The zero-order valence-electron chi connectivity index (χ0n) is 10.3. The predicted octanol–water partition coefficient (Wildman–Crippen LogP) is 1.64. The Balaban J connectivity index is 2.57. The van der Waals surface area contributed by atoms with Crippen LogP contribution in [0.5, 0.6) is 0 Å². The van der Waals surface area contributed by atoms with Gasteiger partial charge in [-0.05, 0) is 24.0 Å². The average Bonchev–Trinajstić information content (AvgIpc) is 2.29. The van der Waals surface area contributed by atoms with E-state index in [9.17, 15) is 4.79 Å². The van der Waals surface area contributed by atoms with Crippen LogP contribution in [0.25, 0.3) is 0 Å². The van der Waals surface area contributed by atoms with E-state index in [1.54, 1.807) is 6.21 Å². The lowest BCUT2D eigenvalue weighted by molar-refractivity contribution is -0.128. The zero-order chi connectivity index (χ0) is 12.8. The number of carbonyl (C=O) groups excluding carboxylic acids is 1. The molecular formula is C13H18N2O2. The van der Waals surface area contributed by atoms with Gasteiger partial charge in [0.2, 0.25) is 0 Å². The molecule has 0 spiro atoms. The monoisotopic (exact) mass is 234 g/mol. The van der Waals surface area contributed by atoms with Crippen molar-refractivity contribution < 1.29 is 9.90 Å². The van der Waals surface area contributed by atoms with E-state index in [4.69, 9.17) is 5.11 Å². The van der Waals surface area contributed by atoms with Gasteiger partial charge in [0.05, 0.1) is 6.21 Å². The van der Waals surface area contributed by atoms with Gasteiger partial charge in [-0.15, -0.1) is 0 Å². The summed E-state index contributed by atoms with van der Waals surface area (Å²) in [6.07, 6.45) is 0.500. The Kier molecular flexibility index (Phi) is 4.84. The summed E-state index contributed by atoms with van der Waals surface area (Å²) in [4.78, 5) is 11.0. The van der Waals surface area contributed by atoms with Gasteiger partial charge in [-0.3, -0.25) is 4.79 Å². The first-order valence-corrected chi connectivity index (χ1v) is 5.61. The number of hydrogen-bond acceptors (Lipinski definition) is 3. The molecule has 0 aliphatic heterocycles. The second-order valence-electron chi connectivity index (χ2n) is 4.23. The molecule has 0 aliphatic carbocycles. The second kappa shape index (κ2) is 6.15. The van der Waals surface area contributed by atoms with E-state index >= 15 is 0 Å². The summed E-state index contributed by atoms with van der Waals surface area (Å²) in [6, 6.07) is 7.94. The Morgan fingerprint density at radius 2 is 1.88 bits per heavy atom. The Labute approximate surface area is 101 Å². The van der Waals surface area contributed by atoms with Gasteiger partial charge >= 0.3 is 0 Å². The van der Waals surface area contributed by atoms with Gasteiger partial charge in [-0.1, -0.05) is 38.1 Å². The number of nitrogens with one attached hydrogen (secondary N) is 1. The molecule has 1 aromatic rings. The predicted molar refractivity (Wildman–Crippen MR) is 67.9 cm³/mol. The molecule has 1 amide bonds. The zero-order valence-corrected chi connectivity index (χ0v) is 10.3. The van der Waals surface area contributed by atoms with Crippen LogP contribution in [0.4, 0.5) is 0 Å². The van der Waals surface area contributed by atoms with Crippen LogP contribution in [0, 0.1) is 0 Å². The van der Waals surface area contributed by atoms with Gasteiger partial charge in [0, 0.05) is 0 Å². The molecule has 0 fully saturated rings. The highest BCUT2D eigenvalue weighted by Gasteiger charge is 2.05. The van der Waals surface area contributed by atoms with Crippen LogP contribution in [0.15, 0.2) is 29.4 Å². The first-order valence-electron chi connectivity index (χ1n) is 5.61. The largest absolute Gasteiger partial charge is 0.383 e. The highest BCUT2D eigenvalue weighted by Crippen LogP contribution is 2.13. The maximum atomic E-state index is 11.0. The number of benzene rings is 1. The number of hydrogen-bond donors (Lipinski definition) is 2. The number of rotatable bonds is 4. The summed E-state index contributed by atoms with van der Waals surface area (Å²) in [5.74, 6) is -0.0176. The van der Waals surface area contributed by atoms with E-state index < -0.39 is 12.0 Å². The minimum Gasteiger partial charge on any atom is -0.383 e. The molecule has 4 nitrogen and oxygen atoms in total. The molecule has 0 saturated carbocycles. The van der Waals surface area contributed by atoms with Crippen LogP contribution in [0.1, 0.15) is 37.8 Å². The maximum absolute atomic E-state index is 11.0. The van der Waals surface area contributed by atoms with Crippen molar-refractivity contribution >= 4 is 12.1 Å². The molecule has 1 rings (SSSR count). The lowest BCUT2D eigenvalue weighted by Gasteiger charge is -2.04. The van der Waals surface area contributed by atoms with E-state index in [0.717, 1.165) is 5.56 Å². The number of amides is 1. The third-order valence-corrected chi connectivity index (χ3v) is 2.37. The van der Waals surface area contributed by atoms with Crippen molar-refractivity contribution in [3.8, 4) is 0 Å². The minimum atomic E-state index is -1.05. The van der Waals surface area contributed by atoms with Gasteiger partial charge in [0.1, 0.15) is 6.10 Å². The molecule has 92 valence electrons. The van der Waals surface area contributed by atoms with Crippen LogP contribution >= 0.6 is 0 Å². The molecule has 0 aromatic heterocycles. The van der Waals surface area contributed by atoms with E-state index in [1.807, 2.05) is 24.3 Å². The summed E-state index contributed by atoms with van der Waals surface area (Å²) in [6.45, 7) is 5.65. The highest BCUT2D eigenvalue weighted by atomic mass is 16.3. The normalized spacial score (nSPS) is 13.0. The first kappa shape index (κ1) is 13.4. The summed E-state index contributed by atoms with van der Waals surface area (Å²) < 4.78 is 0. The van der Waals surface area contributed by atoms with Gasteiger partial charge in [0.25, 0.3) is 5.91 Å². The third kappa shape index (κ3) is 4.36. The van der Waals surface area contributed by atoms with Crippen LogP contribution in [-0.4, -0.2) is 23.3 Å². The molecule has 0 aliphatic rings. The van der Waals surface area contributed by atoms with Crippen molar-refractivity contribution in [1.82, 2.24) is 5.43 Å². The molecule has 2 N–H and O–H groups in total. The number of aliphatic hydroxyl groups is 1. The highest BCUT2D eigenvalue weighted by molar-refractivity contribution is 5.83. The van der Waals surface area contributed by atoms with Crippen molar-refractivity contribution in [3.05, 3.63) is 35.4 Å². The number of nitrogens with zero attached hydrogens (tertiary/aromatic N) is 1. The third-order valence-electron chi connectivity index (χ3n) is 2.37. The van der Waals surface area contributed by atoms with Crippen molar-refractivity contribution in [1.29, 1.82) is 0 Å². The Hall–Kier alpha value is -1.68. The molecular weight excluding hydrogens is 216 g/mol. The van der Waals surface area contributed by atoms with E-state index in [-0.39, 0.29) is 0 Å². The molecule has 0 unspecified atom stereocenters. The van der Waals surface area contributed by atoms with Crippen molar-refractivity contribution in [2.24, 2.45) is 5.10 Å². The topological polar surface area (TPSA) is 61.7 Å². The summed E-state index contributed by atoms with van der Waals surface area (Å²) >= 11 is 0. The van der Waals surface area contributed by atoms with Gasteiger partial charge in [-0.25, -0.2) is 5.43 Å². The molecule has 1 aromatic carbocycles. The van der Waals surface area contributed by atoms with Crippen molar-refractivity contribution in [3.63, 3.8) is 0 Å². The van der Waals surface area contributed by atoms with Crippen LogP contribution in [0.3, 0.4) is 0 Å². The van der Waals surface area contributed by atoms with E-state index in [0.29, 0.717) is 5.92 Å². The van der Waals surface area contributed by atoms with Crippen molar-refractivity contribution in [2.75, 3.05) is 0 Å². The number of aliphatic hydroxyl groups excluding tert-OH is 1. The molecule has 4 heteroatoms. The summed E-state index contributed by atoms with van der Waals surface area (Å²) in [5, 5.41) is 12.7. The van der Waals surface area contributed by atoms with Crippen LogP contribution in [0.2, 0.25) is 0 Å². The minimum absolute atomic E-state index is 0.496. The lowest BCUT2D eigenvalue weighted by atomic mass is 10.0. The first-order chi connectivity index (χ1) is 8.00. The number of hydrazone groups is 1. The molecule has 1 atom stereocenters. The van der Waals surface area contributed by atoms with E-state index in [2.05, 4.69) is 24.4 Å². The molecule has 0 bridgehead atoms. The summed E-state index contributed by atoms with van der Waals surface area (Å²) in [5.41, 5.74) is 4.41. The fourth-order valence-electron chi connectivity index (χ4n) is 1.23. The fraction of sp³-hybridized carbons (Fsp3) is 0.385. The smallest absolute Gasteiger partial charge is 0.268 e. The quantitative estimate of drug-likeness (QED) is 0.614. The van der Waals surface area contributed by atoms with Crippen LogP contribution in [-0.2, 0) is 4.79 Å². The molecule has 0 saturated heterocycles. The lowest BCUT2D eigenvalue weighted by Crippen LogP contribution is -2.28. The second-order valence-corrected chi connectivity index (χ2v) is 4.23.